The number of benzene rings is 1. The van der Waals surface area contributed by atoms with Crippen molar-refractivity contribution in [1.29, 1.82) is 0 Å². The van der Waals surface area contributed by atoms with Gasteiger partial charge in [-0.05, 0) is 38.0 Å². The molecule has 10 heteroatoms. The molecule has 2 aromatic rings. The molecule has 1 aromatic carbocycles. The van der Waals surface area contributed by atoms with Crippen molar-refractivity contribution in [2.45, 2.75) is 30.7 Å². The van der Waals surface area contributed by atoms with Gasteiger partial charge in [0.05, 0.1) is 16.7 Å². The van der Waals surface area contributed by atoms with Crippen LogP contribution in [0.3, 0.4) is 0 Å². The van der Waals surface area contributed by atoms with Gasteiger partial charge in [0.2, 0.25) is 0 Å². The van der Waals surface area contributed by atoms with Gasteiger partial charge in [0.25, 0.3) is 5.91 Å². The zero-order chi connectivity index (χ0) is 20.5. The number of para-hydroxylation sites is 1. The quantitative estimate of drug-likeness (QED) is 0.596. The van der Waals surface area contributed by atoms with E-state index in [-0.39, 0.29) is 22.5 Å². The van der Waals surface area contributed by atoms with Crippen molar-refractivity contribution in [2.24, 2.45) is 0 Å². The highest BCUT2D eigenvalue weighted by atomic mass is 32.2. The van der Waals surface area contributed by atoms with Gasteiger partial charge in [-0.25, -0.2) is 8.42 Å². The van der Waals surface area contributed by atoms with E-state index in [1.807, 2.05) is 0 Å². The summed E-state index contributed by atoms with van der Waals surface area (Å²) in [7, 11) is -3.73. The molecule has 3 rings (SSSR count). The zero-order valence-electron chi connectivity index (χ0n) is 15.5. The number of anilines is 1. The van der Waals surface area contributed by atoms with Crippen LogP contribution in [-0.2, 0) is 9.84 Å². The van der Waals surface area contributed by atoms with Crippen LogP contribution in [0.5, 0.6) is 0 Å². The number of hydrogen-bond donors (Lipinski definition) is 1. The lowest BCUT2D eigenvalue weighted by atomic mass is 10.0. The van der Waals surface area contributed by atoms with Gasteiger partial charge in [0.15, 0.2) is 9.84 Å². The number of nitro benzene ring substituents is 1. The number of amides is 1. The molecule has 1 N–H and O–H groups in total. The fourth-order valence-electron chi connectivity index (χ4n) is 3.40. The molecule has 0 spiro atoms. The molecule has 28 heavy (non-hydrogen) atoms. The van der Waals surface area contributed by atoms with Crippen LogP contribution < -0.4 is 10.2 Å². The maximum absolute atomic E-state index is 12.3. The summed E-state index contributed by atoms with van der Waals surface area (Å²) in [5, 5.41) is 14.5. The van der Waals surface area contributed by atoms with E-state index in [1.54, 1.807) is 24.0 Å². The van der Waals surface area contributed by atoms with Crippen LogP contribution in [0.1, 0.15) is 29.0 Å². The molecule has 1 saturated heterocycles. The Bertz CT molecular complexity index is 1010. The summed E-state index contributed by atoms with van der Waals surface area (Å²) in [6.07, 6.45) is 3.59. The summed E-state index contributed by atoms with van der Waals surface area (Å²) in [5.74, 6) is 0.331. The summed E-state index contributed by atoms with van der Waals surface area (Å²) in [6, 6.07) is 5.85. The second kappa shape index (κ2) is 7.63. The predicted molar refractivity (Wildman–Crippen MR) is 102 cm³/mol. The maximum atomic E-state index is 12.3. The number of hydrogen-bond acceptors (Lipinski definition) is 7. The van der Waals surface area contributed by atoms with Crippen molar-refractivity contribution in [2.75, 3.05) is 24.2 Å². The lowest BCUT2D eigenvalue weighted by Gasteiger charge is -2.33. The molecule has 150 valence electrons. The van der Waals surface area contributed by atoms with Gasteiger partial charge in [0.1, 0.15) is 16.3 Å². The van der Waals surface area contributed by atoms with Gasteiger partial charge >= 0.3 is 5.69 Å². The monoisotopic (exact) mass is 407 g/mol. The average Bonchev–Trinajstić information content (AvgIpc) is 3.07. The molecule has 0 unspecified atom stereocenters. The first-order valence-corrected chi connectivity index (χ1v) is 10.6. The Balaban J connectivity index is 1.74. The van der Waals surface area contributed by atoms with E-state index in [4.69, 9.17) is 4.42 Å². The Hall–Kier alpha value is -2.88. The van der Waals surface area contributed by atoms with Crippen molar-refractivity contribution < 1.29 is 22.6 Å². The molecule has 2 heterocycles. The van der Waals surface area contributed by atoms with Crippen LogP contribution in [0.4, 0.5) is 11.4 Å². The molecule has 0 aliphatic carbocycles. The van der Waals surface area contributed by atoms with E-state index in [0.29, 0.717) is 37.3 Å². The summed E-state index contributed by atoms with van der Waals surface area (Å²) in [4.78, 5) is 24.7. The van der Waals surface area contributed by atoms with Crippen LogP contribution in [0.15, 0.2) is 39.8 Å². The SMILES string of the molecule is Cc1occc1C(=O)NC1CCN(c2cccc(S(C)(=O)=O)c2[N+](=O)[O-])CC1. The highest BCUT2D eigenvalue weighted by molar-refractivity contribution is 7.90. The highest BCUT2D eigenvalue weighted by Crippen LogP contribution is 2.35. The maximum Gasteiger partial charge on any atom is 0.311 e. The normalized spacial score (nSPS) is 15.4. The van der Waals surface area contributed by atoms with Crippen molar-refractivity contribution >= 4 is 27.1 Å². The van der Waals surface area contributed by atoms with Crippen molar-refractivity contribution in [3.8, 4) is 0 Å². The molecule has 1 aromatic heterocycles. The van der Waals surface area contributed by atoms with Crippen molar-refractivity contribution in [3.05, 3.63) is 52.0 Å². The third-order valence-corrected chi connectivity index (χ3v) is 5.96. The third kappa shape index (κ3) is 4.01. The summed E-state index contributed by atoms with van der Waals surface area (Å²) >= 11 is 0. The van der Waals surface area contributed by atoms with Crippen LogP contribution >= 0.6 is 0 Å². The Kier molecular flexibility index (Phi) is 5.41. The molecule has 0 saturated carbocycles. The number of sulfone groups is 1. The van der Waals surface area contributed by atoms with Gasteiger partial charge in [-0.2, -0.15) is 0 Å². The minimum atomic E-state index is -3.73. The predicted octanol–water partition coefficient (Wildman–Crippen LogP) is 2.30. The number of carbonyl (C=O) groups is 1. The topological polar surface area (TPSA) is 123 Å². The van der Waals surface area contributed by atoms with Gasteiger partial charge < -0.3 is 14.6 Å². The highest BCUT2D eigenvalue weighted by Gasteiger charge is 2.31. The minimum absolute atomic E-state index is 0.0739. The molecule has 0 atom stereocenters. The molecule has 1 amide bonds. The summed E-state index contributed by atoms with van der Waals surface area (Å²) < 4.78 is 29.0. The van der Waals surface area contributed by atoms with Gasteiger partial charge in [-0.3, -0.25) is 14.9 Å². The van der Waals surface area contributed by atoms with Gasteiger partial charge in [-0.1, -0.05) is 6.07 Å². The molecule has 0 bridgehead atoms. The Labute approximate surface area is 162 Å². The van der Waals surface area contributed by atoms with Gasteiger partial charge in [0, 0.05) is 25.4 Å². The van der Waals surface area contributed by atoms with E-state index >= 15 is 0 Å². The van der Waals surface area contributed by atoms with E-state index < -0.39 is 20.4 Å². The molecular weight excluding hydrogens is 386 g/mol. The number of piperidine rings is 1. The van der Waals surface area contributed by atoms with E-state index in [1.165, 1.54) is 18.4 Å². The number of rotatable bonds is 5. The molecule has 0 radical (unpaired) electrons. The molecule has 9 nitrogen and oxygen atoms in total. The molecular formula is C18H21N3O6S. The number of aryl methyl sites for hydroxylation is 1. The number of nitrogens with one attached hydrogen (secondary N) is 1. The lowest BCUT2D eigenvalue weighted by molar-refractivity contribution is -0.387. The second-order valence-corrected chi connectivity index (χ2v) is 8.76. The fraction of sp³-hybridized carbons (Fsp3) is 0.389. The molecule has 1 aliphatic heterocycles. The minimum Gasteiger partial charge on any atom is -0.469 e. The second-order valence-electron chi connectivity index (χ2n) is 6.78. The standard InChI is InChI=1S/C18H21N3O6S/c1-12-14(8-11-27-12)18(22)19-13-6-9-20(10-7-13)15-4-3-5-16(28(2,25)26)17(15)21(23)24/h3-5,8,11,13H,6-7,9-10H2,1-2H3,(H,19,22). The smallest absolute Gasteiger partial charge is 0.311 e. The fourth-order valence-corrected chi connectivity index (χ4v) is 4.25. The first-order chi connectivity index (χ1) is 13.2. The first-order valence-electron chi connectivity index (χ1n) is 8.76. The van der Waals surface area contributed by atoms with Crippen molar-refractivity contribution in [3.63, 3.8) is 0 Å². The zero-order valence-corrected chi connectivity index (χ0v) is 16.4. The van der Waals surface area contributed by atoms with Crippen LogP contribution in [0.25, 0.3) is 0 Å². The number of carbonyl (C=O) groups excluding carboxylic acids is 1. The van der Waals surface area contributed by atoms with E-state index in [0.717, 1.165) is 6.26 Å². The number of furan rings is 1. The van der Waals surface area contributed by atoms with Crippen LogP contribution in [0.2, 0.25) is 0 Å². The Morgan fingerprint density at radius 2 is 1.96 bits per heavy atom. The van der Waals surface area contributed by atoms with E-state index in [2.05, 4.69) is 5.32 Å². The third-order valence-electron chi connectivity index (χ3n) is 4.83. The average molecular weight is 407 g/mol. The van der Waals surface area contributed by atoms with Crippen LogP contribution in [-0.4, -0.2) is 44.6 Å². The van der Waals surface area contributed by atoms with Crippen LogP contribution in [0, 0.1) is 17.0 Å². The largest absolute Gasteiger partial charge is 0.469 e. The first kappa shape index (κ1) is 19.9. The summed E-state index contributed by atoms with van der Waals surface area (Å²) in [6.45, 7) is 2.64. The molecule has 1 aliphatic rings. The van der Waals surface area contributed by atoms with Gasteiger partial charge in [-0.15, -0.1) is 0 Å². The molecule has 1 fully saturated rings. The number of nitro groups is 1. The van der Waals surface area contributed by atoms with Crippen molar-refractivity contribution in [1.82, 2.24) is 5.32 Å². The van der Waals surface area contributed by atoms with E-state index in [9.17, 15) is 23.3 Å². The summed E-state index contributed by atoms with van der Waals surface area (Å²) in [5.41, 5.74) is 0.365. The Morgan fingerprint density at radius 3 is 2.50 bits per heavy atom. The lowest BCUT2D eigenvalue weighted by Crippen LogP contribution is -2.45. The Morgan fingerprint density at radius 1 is 1.29 bits per heavy atom. The number of nitrogens with zero attached hydrogens (tertiary/aromatic N) is 2.